The van der Waals surface area contributed by atoms with Crippen molar-refractivity contribution >= 4 is 11.9 Å². The SMILES string of the molecule is CC(C)C(CN(C)C)NC(=O)C1CCC(C(=O)O)O1. The third-order valence-electron chi connectivity index (χ3n) is 3.28. The van der Waals surface area contributed by atoms with Gasteiger partial charge in [-0.25, -0.2) is 4.79 Å². The molecule has 1 amide bonds. The standard InChI is InChI=1S/C13H24N2O4/c1-8(2)9(7-15(3)4)14-12(16)10-5-6-11(19-10)13(17)18/h8-11H,5-7H2,1-4H3,(H,14,16)(H,17,18). The van der Waals surface area contributed by atoms with Crippen LogP contribution in [0.3, 0.4) is 0 Å². The molecule has 0 aromatic carbocycles. The lowest BCUT2D eigenvalue weighted by Gasteiger charge is -2.26. The lowest BCUT2D eigenvalue weighted by molar-refractivity contribution is -0.152. The number of hydrogen-bond donors (Lipinski definition) is 2. The molecule has 6 nitrogen and oxygen atoms in total. The van der Waals surface area contributed by atoms with Crippen LogP contribution in [0.2, 0.25) is 0 Å². The Kier molecular flexibility index (Phi) is 5.75. The lowest BCUT2D eigenvalue weighted by Crippen LogP contribution is -2.48. The molecule has 0 bridgehead atoms. The maximum absolute atomic E-state index is 12.1. The van der Waals surface area contributed by atoms with E-state index in [2.05, 4.69) is 5.32 Å². The van der Waals surface area contributed by atoms with Crippen LogP contribution in [0.5, 0.6) is 0 Å². The van der Waals surface area contributed by atoms with E-state index in [9.17, 15) is 9.59 Å². The smallest absolute Gasteiger partial charge is 0.332 e. The Balaban J connectivity index is 2.51. The first kappa shape index (κ1) is 15.9. The van der Waals surface area contributed by atoms with Crippen LogP contribution in [-0.2, 0) is 14.3 Å². The van der Waals surface area contributed by atoms with E-state index >= 15 is 0 Å². The van der Waals surface area contributed by atoms with Crippen LogP contribution < -0.4 is 5.32 Å². The number of carboxylic acid groups (broad SMARTS) is 1. The predicted octanol–water partition coefficient (Wildman–Crippen LogP) is 0.321. The summed E-state index contributed by atoms with van der Waals surface area (Å²) in [7, 11) is 3.90. The number of nitrogens with zero attached hydrogens (tertiary/aromatic N) is 1. The average molecular weight is 272 g/mol. The van der Waals surface area contributed by atoms with Gasteiger partial charge in [0, 0.05) is 12.6 Å². The normalized spacial score (nSPS) is 24.7. The fourth-order valence-corrected chi connectivity index (χ4v) is 2.10. The number of aliphatic carboxylic acids is 1. The van der Waals surface area contributed by atoms with Gasteiger partial charge in [0.15, 0.2) is 6.10 Å². The summed E-state index contributed by atoms with van der Waals surface area (Å²) in [5.41, 5.74) is 0. The number of carbonyl (C=O) groups excluding carboxylic acids is 1. The van der Waals surface area contributed by atoms with Crippen LogP contribution in [0.15, 0.2) is 0 Å². The van der Waals surface area contributed by atoms with Crippen molar-refractivity contribution in [2.45, 2.75) is 44.9 Å². The summed E-state index contributed by atoms with van der Waals surface area (Å²) in [6.07, 6.45) is -0.616. The molecule has 1 fully saturated rings. The molecule has 0 saturated carbocycles. The molecule has 0 radical (unpaired) electrons. The third-order valence-corrected chi connectivity index (χ3v) is 3.28. The molecule has 3 atom stereocenters. The Morgan fingerprint density at radius 1 is 1.32 bits per heavy atom. The monoisotopic (exact) mass is 272 g/mol. The van der Waals surface area contributed by atoms with Crippen LogP contribution in [-0.4, -0.2) is 60.8 Å². The minimum absolute atomic E-state index is 0.0370. The molecule has 1 rings (SSSR count). The highest BCUT2D eigenvalue weighted by atomic mass is 16.5. The van der Waals surface area contributed by atoms with Gasteiger partial charge in [0.25, 0.3) is 0 Å². The highest BCUT2D eigenvalue weighted by molar-refractivity contribution is 5.82. The quantitative estimate of drug-likeness (QED) is 0.728. The summed E-state index contributed by atoms with van der Waals surface area (Å²) < 4.78 is 5.25. The predicted molar refractivity (Wildman–Crippen MR) is 70.9 cm³/mol. The minimum atomic E-state index is -0.996. The van der Waals surface area contributed by atoms with Crippen molar-refractivity contribution < 1.29 is 19.4 Å². The summed E-state index contributed by atoms with van der Waals surface area (Å²) >= 11 is 0. The highest BCUT2D eigenvalue weighted by Gasteiger charge is 2.35. The fourth-order valence-electron chi connectivity index (χ4n) is 2.10. The Labute approximate surface area is 114 Å². The number of ether oxygens (including phenoxy) is 1. The first-order valence-electron chi connectivity index (χ1n) is 6.64. The summed E-state index contributed by atoms with van der Waals surface area (Å²) in [4.78, 5) is 24.9. The van der Waals surface area contributed by atoms with Crippen molar-refractivity contribution in [1.29, 1.82) is 0 Å². The van der Waals surface area contributed by atoms with Gasteiger partial charge in [0.1, 0.15) is 6.10 Å². The number of nitrogens with one attached hydrogen (secondary N) is 1. The Hall–Kier alpha value is -1.14. The zero-order valence-electron chi connectivity index (χ0n) is 12.0. The summed E-state index contributed by atoms with van der Waals surface area (Å²) in [6.45, 7) is 4.84. The molecule has 1 aliphatic rings. The molecule has 1 heterocycles. The highest BCUT2D eigenvalue weighted by Crippen LogP contribution is 2.20. The number of hydrogen-bond acceptors (Lipinski definition) is 4. The first-order valence-corrected chi connectivity index (χ1v) is 6.64. The topological polar surface area (TPSA) is 78.9 Å². The maximum atomic E-state index is 12.1. The number of carbonyl (C=O) groups is 2. The van der Waals surface area contributed by atoms with Gasteiger partial charge in [0.2, 0.25) is 5.91 Å². The van der Waals surface area contributed by atoms with Crippen molar-refractivity contribution in [1.82, 2.24) is 10.2 Å². The second-order valence-corrected chi connectivity index (χ2v) is 5.65. The number of carboxylic acids is 1. The third kappa shape index (κ3) is 4.80. The maximum Gasteiger partial charge on any atom is 0.332 e. The first-order chi connectivity index (χ1) is 8.81. The van der Waals surface area contributed by atoms with E-state index in [1.807, 2.05) is 32.8 Å². The van der Waals surface area contributed by atoms with Gasteiger partial charge in [-0.15, -0.1) is 0 Å². The van der Waals surface area contributed by atoms with Crippen LogP contribution in [0.25, 0.3) is 0 Å². The molecule has 1 saturated heterocycles. The molecule has 0 aromatic heterocycles. The Morgan fingerprint density at radius 3 is 2.32 bits per heavy atom. The molecule has 3 unspecified atom stereocenters. The van der Waals surface area contributed by atoms with E-state index < -0.39 is 18.2 Å². The number of rotatable bonds is 6. The molecule has 19 heavy (non-hydrogen) atoms. The summed E-state index contributed by atoms with van der Waals surface area (Å²) in [5, 5.41) is 11.8. The molecule has 0 spiro atoms. The van der Waals surface area contributed by atoms with Crippen molar-refractivity contribution in [3.63, 3.8) is 0 Å². The van der Waals surface area contributed by atoms with Crippen LogP contribution >= 0.6 is 0 Å². The van der Waals surface area contributed by atoms with Gasteiger partial charge in [-0.3, -0.25) is 4.79 Å². The second kappa shape index (κ2) is 6.86. The lowest BCUT2D eigenvalue weighted by atomic mass is 10.0. The Bertz CT molecular complexity index is 331. The van der Waals surface area contributed by atoms with Gasteiger partial charge in [0.05, 0.1) is 0 Å². The van der Waals surface area contributed by atoms with Crippen LogP contribution in [0.4, 0.5) is 0 Å². The fraction of sp³-hybridized carbons (Fsp3) is 0.846. The molecule has 2 N–H and O–H groups in total. The van der Waals surface area contributed by atoms with E-state index in [1.165, 1.54) is 0 Å². The van der Waals surface area contributed by atoms with Gasteiger partial charge in [-0.1, -0.05) is 13.8 Å². The molecular weight excluding hydrogens is 248 g/mol. The van der Waals surface area contributed by atoms with E-state index in [4.69, 9.17) is 9.84 Å². The molecule has 6 heteroatoms. The van der Waals surface area contributed by atoms with Gasteiger partial charge in [-0.05, 0) is 32.9 Å². The zero-order valence-corrected chi connectivity index (χ0v) is 12.0. The van der Waals surface area contributed by atoms with Crippen molar-refractivity contribution in [3.05, 3.63) is 0 Å². The van der Waals surface area contributed by atoms with Crippen LogP contribution in [0.1, 0.15) is 26.7 Å². The van der Waals surface area contributed by atoms with E-state index in [0.717, 1.165) is 6.54 Å². The summed E-state index contributed by atoms with van der Waals surface area (Å²) in [5.74, 6) is -0.892. The average Bonchev–Trinajstić information content (AvgIpc) is 2.76. The number of likely N-dealkylation sites (N-methyl/N-ethyl adjacent to an activating group) is 1. The largest absolute Gasteiger partial charge is 0.479 e. The van der Waals surface area contributed by atoms with Crippen molar-refractivity contribution in [2.24, 2.45) is 5.92 Å². The second-order valence-electron chi connectivity index (χ2n) is 5.65. The summed E-state index contributed by atoms with van der Waals surface area (Å²) in [6, 6.07) is 0.0370. The van der Waals surface area contributed by atoms with E-state index in [1.54, 1.807) is 0 Å². The van der Waals surface area contributed by atoms with Gasteiger partial charge >= 0.3 is 5.97 Å². The van der Waals surface area contributed by atoms with Crippen LogP contribution in [0, 0.1) is 5.92 Å². The molecule has 0 aromatic rings. The molecule has 110 valence electrons. The van der Waals surface area contributed by atoms with E-state index in [-0.39, 0.29) is 11.9 Å². The molecule has 1 aliphatic heterocycles. The van der Waals surface area contributed by atoms with E-state index in [0.29, 0.717) is 18.8 Å². The minimum Gasteiger partial charge on any atom is -0.479 e. The van der Waals surface area contributed by atoms with Gasteiger partial charge in [-0.2, -0.15) is 0 Å². The zero-order chi connectivity index (χ0) is 14.6. The molecule has 0 aliphatic carbocycles. The van der Waals surface area contributed by atoms with Crippen molar-refractivity contribution in [3.8, 4) is 0 Å². The Morgan fingerprint density at radius 2 is 1.89 bits per heavy atom. The van der Waals surface area contributed by atoms with Crippen molar-refractivity contribution in [2.75, 3.05) is 20.6 Å². The number of amides is 1. The van der Waals surface area contributed by atoms with Gasteiger partial charge < -0.3 is 20.1 Å². The molecular formula is C13H24N2O4.